The Kier molecular flexibility index (Phi) is 5.45. The molecule has 1 atom stereocenters. The number of benzene rings is 1. The fourth-order valence-electron chi connectivity index (χ4n) is 3.48. The van der Waals surface area contributed by atoms with Crippen LogP contribution in [0.3, 0.4) is 0 Å². The van der Waals surface area contributed by atoms with Gasteiger partial charge in [-0.15, -0.1) is 0 Å². The summed E-state index contributed by atoms with van der Waals surface area (Å²) in [6.07, 6.45) is 7.81. The maximum absolute atomic E-state index is 9.21. The van der Waals surface area contributed by atoms with Crippen LogP contribution in [0.5, 0.6) is 0 Å². The van der Waals surface area contributed by atoms with Gasteiger partial charge in [-0.2, -0.15) is 0 Å². The molecule has 1 fully saturated rings. The zero-order valence-corrected chi connectivity index (χ0v) is 12.4. The van der Waals surface area contributed by atoms with Gasteiger partial charge in [0.1, 0.15) is 0 Å². The largest absolute Gasteiger partial charge is 0.396 e. The van der Waals surface area contributed by atoms with E-state index in [2.05, 4.69) is 38.1 Å². The van der Waals surface area contributed by atoms with E-state index in [4.69, 9.17) is 0 Å². The van der Waals surface area contributed by atoms with Crippen LogP contribution in [0, 0.1) is 5.92 Å². The van der Waals surface area contributed by atoms with Crippen molar-refractivity contribution >= 4 is 0 Å². The Balaban J connectivity index is 2.07. The fraction of sp³-hybridized carbons (Fsp3) is 0.667. The molecule has 0 heterocycles. The highest BCUT2D eigenvalue weighted by atomic mass is 16.3. The molecule has 1 aliphatic rings. The van der Waals surface area contributed by atoms with Gasteiger partial charge in [-0.25, -0.2) is 0 Å². The lowest BCUT2D eigenvalue weighted by atomic mass is 9.81. The Labute approximate surface area is 118 Å². The number of hydrogen-bond acceptors (Lipinski definition) is 1. The summed E-state index contributed by atoms with van der Waals surface area (Å²) < 4.78 is 0. The quantitative estimate of drug-likeness (QED) is 0.802. The van der Waals surface area contributed by atoms with Crippen molar-refractivity contribution in [3.8, 4) is 0 Å². The van der Waals surface area contributed by atoms with Crippen LogP contribution in [0.2, 0.25) is 0 Å². The topological polar surface area (TPSA) is 20.2 Å². The lowest BCUT2D eigenvalue weighted by Crippen LogP contribution is -2.09. The summed E-state index contributed by atoms with van der Waals surface area (Å²) in [5.74, 6) is 1.87. The SMILES string of the molecule is CC(C)C(CCO)c1ccc(C2CCCCC2)cc1. The number of rotatable bonds is 5. The van der Waals surface area contributed by atoms with E-state index in [0.29, 0.717) is 11.8 Å². The summed E-state index contributed by atoms with van der Waals surface area (Å²) in [5.41, 5.74) is 2.92. The average Bonchev–Trinajstić information content (AvgIpc) is 2.46. The molecule has 1 aromatic rings. The van der Waals surface area contributed by atoms with Crippen LogP contribution in [0.4, 0.5) is 0 Å². The van der Waals surface area contributed by atoms with Crippen LogP contribution < -0.4 is 0 Å². The molecule has 1 N–H and O–H groups in total. The fourth-order valence-corrected chi connectivity index (χ4v) is 3.48. The van der Waals surface area contributed by atoms with Crippen LogP contribution >= 0.6 is 0 Å². The zero-order chi connectivity index (χ0) is 13.7. The normalized spacial score (nSPS) is 18.7. The number of hydrogen-bond donors (Lipinski definition) is 1. The highest BCUT2D eigenvalue weighted by Gasteiger charge is 2.18. The third-order valence-corrected chi connectivity index (χ3v) is 4.69. The van der Waals surface area contributed by atoms with Gasteiger partial charge in [-0.1, -0.05) is 57.4 Å². The maximum Gasteiger partial charge on any atom is 0.0436 e. The van der Waals surface area contributed by atoms with Gasteiger partial charge in [0.15, 0.2) is 0 Å². The lowest BCUT2D eigenvalue weighted by molar-refractivity contribution is 0.261. The van der Waals surface area contributed by atoms with Crippen LogP contribution in [0.25, 0.3) is 0 Å². The second-order valence-corrected chi connectivity index (χ2v) is 6.36. The van der Waals surface area contributed by atoms with E-state index in [9.17, 15) is 5.11 Å². The molecule has 0 aromatic heterocycles. The van der Waals surface area contributed by atoms with Gasteiger partial charge in [0.25, 0.3) is 0 Å². The molecule has 0 bridgehead atoms. The van der Waals surface area contributed by atoms with E-state index in [1.54, 1.807) is 0 Å². The first kappa shape index (κ1) is 14.6. The van der Waals surface area contributed by atoms with Crippen molar-refractivity contribution in [3.63, 3.8) is 0 Å². The van der Waals surface area contributed by atoms with E-state index in [-0.39, 0.29) is 6.61 Å². The van der Waals surface area contributed by atoms with Crippen LogP contribution in [0.1, 0.15) is 75.3 Å². The first-order valence-electron chi connectivity index (χ1n) is 7.93. The molecule has 0 radical (unpaired) electrons. The Morgan fingerprint density at radius 2 is 1.68 bits per heavy atom. The molecule has 1 saturated carbocycles. The minimum atomic E-state index is 0.285. The molecule has 1 nitrogen and oxygen atoms in total. The molecule has 1 aliphatic carbocycles. The van der Waals surface area contributed by atoms with Crippen molar-refractivity contribution in [3.05, 3.63) is 35.4 Å². The molecule has 0 spiro atoms. The number of aliphatic hydroxyl groups is 1. The summed E-state index contributed by atoms with van der Waals surface area (Å²) in [6, 6.07) is 9.25. The summed E-state index contributed by atoms with van der Waals surface area (Å²) in [4.78, 5) is 0. The summed E-state index contributed by atoms with van der Waals surface area (Å²) >= 11 is 0. The van der Waals surface area contributed by atoms with E-state index >= 15 is 0 Å². The molecule has 1 aromatic carbocycles. The standard InChI is InChI=1S/C18H28O/c1-14(2)18(12-13-19)17-10-8-16(9-11-17)15-6-4-3-5-7-15/h8-11,14-15,18-19H,3-7,12-13H2,1-2H3. The van der Waals surface area contributed by atoms with Crippen molar-refractivity contribution in [1.29, 1.82) is 0 Å². The first-order chi connectivity index (χ1) is 9.22. The van der Waals surface area contributed by atoms with E-state index in [1.807, 2.05) is 0 Å². The Morgan fingerprint density at radius 3 is 2.21 bits per heavy atom. The molecule has 0 aliphatic heterocycles. The van der Waals surface area contributed by atoms with Crippen molar-refractivity contribution in [2.75, 3.05) is 6.61 Å². The molecular formula is C18H28O. The van der Waals surface area contributed by atoms with Gasteiger partial charge in [0, 0.05) is 6.61 Å². The van der Waals surface area contributed by atoms with Crippen molar-refractivity contribution in [1.82, 2.24) is 0 Å². The molecular weight excluding hydrogens is 232 g/mol. The third-order valence-electron chi connectivity index (χ3n) is 4.69. The second kappa shape index (κ2) is 7.09. The number of aliphatic hydroxyl groups excluding tert-OH is 1. The molecule has 1 heteroatoms. The van der Waals surface area contributed by atoms with Gasteiger partial charge < -0.3 is 5.11 Å². The second-order valence-electron chi connectivity index (χ2n) is 6.36. The Morgan fingerprint density at radius 1 is 1.05 bits per heavy atom. The van der Waals surface area contributed by atoms with Gasteiger partial charge in [0.2, 0.25) is 0 Å². The van der Waals surface area contributed by atoms with Crippen LogP contribution in [-0.2, 0) is 0 Å². The van der Waals surface area contributed by atoms with Gasteiger partial charge >= 0.3 is 0 Å². The summed E-state index contributed by atoms with van der Waals surface area (Å²) in [7, 11) is 0. The van der Waals surface area contributed by atoms with Crippen molar-refractivity contribution in [2.24, 2.45) is 5.92 Å². The predicted octanol–water partition coefficient (Wildman–Crippen LogP) is 4.86. The van der Waals surface area contributed by atoms with Gasteiger partial charge in [-0.3, -0.25) is 0 Å². The molecule has 1 unspecified atom stereocenters. The monoisotopic (exact) mass is 260 g/mol. The van der Waals surface area contributed by atoms with E-state index in [1.165, 1.54) is 43.2 Å². The zero-order valence-electron chi connectivity index (χ0n) is 12.4. The molecule has 19 heavy (non-hydrogen) atoms. The lowest BCUT2D eigenvalue weighted by Gasteiger charge is -2.24. The average molecular weight is 260 g/mol. The third kappa shape index (κ3) is 3.82. The Bertz CT molecular complexity index is 360. The van der Waals surface area contributed by atoms with Crippen LogP contribution in [0.15, 0.2) is 24.3 Å². The summed E-state index contributed by atoms with van der Waals surface area (Å²) in [5, 5.41) is 9.21. The maximum atomic E-state index is 9.21. The molecule has 0 saturated heterocycles. The van der Waals surface area contributed by atoms with Crippen molar-refractivity contribution < 1.29 is 5.11 Å². The predicted molar refractivity (Wildman–Crippen MR) is 81.5 cm³/mol. The summed E-state index contributed by atoms with van der Waals surface area (Å²) in [6.45, 7) is 4.78. The Hall–Kier alpha value is -0.820. The van der Waals surface area contributed by atoms with E-state index in [0.717, 1.165) is 12.3 Å². The smallest absolute Gasteiger partial charge is 0.0436 e. The molecule has 0 amide bonds. The minimum Gasteiger partial charge on any atom is -0.396 e. The minimum absolute atomic E-state index is 0.285. The molecule has 106 valence electrons. The van der Waals surface area contributed by atoms with E-state index < -0.39 is 0 Å². The van der Waals surface area contributed by atoms with Gasteiger partial charge in [0.05, 0.1) is 0 Å². The highest BCUT2D eigenvalue weighted by molar-refractivity contribution is 5.28. The first-order valence-corrected chi connectivity index (χ1v) is 7.93. The van der Waals surface area contributed by atoms with Gasteiger partial charge in [-0.05, 0) is 48.1 Å². The van der Waals surface area contributed by atoms with Crippen molar-refractivity contribution in [2.45, 2.75) is 64.2 Å². The highest BCUT2D eigenvalue weighted by Crippen LogP contribution is 2.34. The van der Waals surface area contributed by atoms with Crippen LogP contribution in [-0.4, -0.2) is 11.7 Å². The molecule has 2 rings (SSSR count).